The lowest BCUT2D eigenvalue weighted by Gasteiger charge is -2.32. The molecule has 194 valence electrons. The molecule has 4 heterocycles. The largest absolute Gasteiger partial charge is 0.496 e. The Morgan fingerprint density at radius 3 is 2.73 bits per heavy atom. The second kappa shape index (κ2) is 9.69. The van der Waals surface area contributed by atoms with Crippen LogP contribution >= 0.6 is 0 Å². The number of methoxy groups -OCH3 is 1. The molecule has 0 bridgehead atoms. The number of H-pyrrole nitrogens is 1. The zero-order valence-corrected chi connectivity index (χ0v) is 22.6. The van der Waals surface area contributed by atoms with Gasteiger partial charge < -0.3 is 18.9 Å². The van der Waals surface area contributed by atoms with Gasteiger partial charge in [-0.05, 0) is 71.9 Å². The van der Waals surface area contributed by atoms with E-state index < -0.39 is 0 Å². The fourth-order valence-electron chi connectivity index (χ4n) is 6.32. The number of nitrogens with one attached hydrogen (secondary N) is 1. The van der Waals surface area contributed by atoms with Crippen LogP contribution in [0.4, 0.5) is 0 Å². The number of ketones is 1. The number of nitrogens with zero attached hydrogens (tertiary/aromatic N) is 3. The average molecular weight is 501 g/mol. The minimum Gasteiger partial charge on any atom is -0.496 e. The number of imidazole rings is 1. The lowest BCUT2D eigenvalue weighted by Crippen LogP contribution is -2.27. The van der Waals surface area contributed by atoms with Gasteiger partial charge >= 0.3 is 0 Å². The highest BCUT2D eigenvalue weighted by Gasteiger charge is 2.30. The van der Waals surface area contributed by atoms with Gasteiger partial charge in [-0.25, -0.2) is 4.98 Å². The highest BCUT2D eigenvalue weighted by atomic mass is 16.5. The van der Waals surface area contributed by atoms with Gasteiger partial charge in [0.25, 0.3) is 5.56 Å². The number of carbonyl (C=O) groups excluding carboxylic acids is 1. The third-order valence-electron chi connectivity index (χ3n) is 8.22. The summed E-state index contributed by atoms with van der Waals surface area (Å²) in [5, 5.41) is 0.981. The Hall–Kier alpha value is -3.61. The monoisotopic (exact) mass is 500 g/mol. The lowest BCUT2D eigenvalue weighted by atomic mass is 9.88. The van der Waals surface area contributed by atoms with Gasteiger partial charge in [-0.15, -0.1) is 0 Å². The van der Waals surface area contributed by atoms with Crippen LogP contribution in [-0.2, 0) is 19.4 Å². The van der Waals surface area contributed by atoms with E-state index in [0.29, 0.717) is 23.7 Å². The van der Waals surface area contributed by atoms with E-state index in [9.17, 15) is 9.59 Å². The van der Waals surface area contributed by atoms with Crippen LogP contribution in [0.5, 0.6) is 5.75 Å². The van der Waals surface area contributed by atoms with Gasteiger partial charge in [-0.1, -0.05) is 18.2 Å². The number of aromatic nitrogens is 4. The Bertz CT molecular complexity index is 1560. The van der Waals surface area contributed by atoms with Crippen LogP contribution in [0, 0.1) is 33.6 Å². The quantitative estimate of drug-likeness (QED) is 0.344. The van der Waals surface area contributed by atoms with E-state index in [4.69, 9.17) is 9.72 Å². The molecule has 2 atom stereocenters. The smallest absolute Gasteiger partial charge is 0.255 e. The van der Waals surface area contributed by atoms with Crippen molar-refractivity contribution >= 4 is 16.7 Å². The number of rotatable bonds is 7. The third-order valence-corrected chi connectivity index (χ3v) is 8.22. The van der Waals surface area contributed by atoms with Crippen LogP contribution in [-0.4, -0.2) is 32.0 Å². The molecule has 7 nitrogen and oxygen atoms in total. The van der Waals surface area contributed by atoms with Crippen molar-refractivity contribution in [2.45, 2.75) is 72.9 Å². The van der Waals surface area contributed by atoms with E-state index in [0.717, 1.165) is 58.8 Å². The molecule has 7 heteroatoms. The first-order valence-electron chi connectivity index (χ1n) is 13.1. The number of Topliss-reactive ketones (excluding diaryl/α,β-unsaturated/α-hetero) is 1. The predicted molar refractivity (Wildman–Crippen MR) is 146 cm³/mol. The summed E-state index contributed by atoms with van der Waals surface area (Å²) >= 11 is 0. The molecular formula is C30H36N4O3. The molecule has 37 heavy (non-hydrogen) atoms. The lowest BCUT2D eigenvalue weighted by molar-refractivity contribution is 0.0983. The number of pyridine rings is 1. The van der Waals surface area contributed by atoms with Crippen molar-refractivity contribution < 1.29 is 9.53 Å². The summed E-state index contributed by atoms with van der Waals surface area (Å²) in [6.45, 7) is 11.3. The molecule has 1 N–H and O–H groups in total. The highest BCUT2D eigenvalue weighted by molar-refractivity contribution is 6.09. The Balaban J connectivity index is 1.47. The Labute approximate surface area is 217 Å². The zero-order valence-electron chi connectivity index (χ0n) is 22.6. The summed E-state index contributed by atoms with van der Waals surface area (Å²) < 4.78 is 10.2. The number of ether oxygens (including phenoxy) is 1. The van der Waals surface area contributed by atoms with Crippen molar-refractivity contribution in [1.82, 2.24) is 19.1 Å². The molecule has 1 aliphatic rings. The number of hydrogen-bond acceptors (Lipinski definition) is 4. The molecule has 0 fully saturated rings. The van der Waals surface area contributed by atoms with Crippen LogP contribution < -0.4 is 10.3 Å². The summed E-state index contributed by atoms with van der Waals surface area (Å²) in [6, 6.07) is 10.2. The first kappa shape index (κ1) is 25.1. The third kappa shape index (κ3) is 4.30. The molecule has 4 aromatic rings. The topological polar surface area (TPSA) is 81.9 Å². The standard InChI is InChI=1S/C30H36N4O3/c1-17-15-28(37-6)24(30(36)31-17)11-12-27(35)29-20(4)34(25-10-8-7-9-23(25)29)19(3)22-13-14-33-21(5)32-18(2)26(33)16-22/h7-10,15,19,22H,11-14,16H2,1-6H3,(H,31,36)/t19-,22?/m1/s1. The molecule has 1 unspecified atom stereocenters. The number of fused-ring (bicyclic) bond motifs is 2. The molecule has 1 aliphatic heterocycles. The van der Waals surface area contributed by atoms with Crippen LogP contribution in [0.1, 0.15) is 70.3 Å². The van der Waals surface area contributed by atoms with Crippen LogP contribution in [0.2, 0.25) is 0 Å². The SMILES string of the molecule is COc1cc(C)[nH]c(=O)c1CCC(=O)c1c(C)n([C@H](C)C2CCn3c(C)nc(C)c3C2)c2ccccc12. The maximum absolute atomic E-state index is 13.7. The van der Waals surface area contributed by atoms with Crippen molar-refractivity contribution in [1.29, 1.82) is 0 Å². The van der Waals surface area contributed by atoms with Crippen LogP contribution in [0.3, 0.4) is 0 Å². The fraction of sp³-hybridized carbons (Fsp3) is 0.433. The second-order valence-electron chi connectivity index (χ2n) is 10.4. The molecular weight excluding hydrogens is 464 g/mol. The number of aromatic amines is 1. The summed E-state index contributed by atoms with van der Waals surface area (Å²) in [4.78, 5) is 33.8. The van der Waals surface area contributed by atoms with E-state index in [1.54, 1.807) is 13.2 Å². The van der Waals surface area contributed by atoms with E-state index in [2.05, 4.69) is 47.9 Å². The van der Waals surface area contributed by atoms with E-state index in [-0.39, 0.29) is 23.8 Å². The van der Waals surface area contributed by atoms with Crippen LogP contribution in [0.25, 0.3) is 10.9 Å². The minimum atomic E-state index is -0.195. The van der Waals surface area contributed by atoms with Gasteiger partial charge in [-0.3, -0.25) is 9.59 Å². The molecule has 0 saturated heterocycles. The van der Waals surface area contributed by atoms with Crippen molar-refractivity contribution in [3.8, 4) is 5.75 Å². The van der Waals surface area contributed by atoms with Crippen molar-refractivity contribution in [3.63, 3.8) is 0 Å². The predicted octanol–water partition coefficient (Wildman–Crippen LogP) is 5.41. The summed E-state index contributed by atoms with van der Waals surface area (Å²) in [7, 11) is 1.56. The number of para-hydroxylation sites is 1. The molecule has 3 aromatic heterocycles. The summed E-state index contributed by atoms with van der Waals surface area (Å²) in [5.74, 6) is 2.13. The van der Waals surface area contributed by atoms with Crippen molar-refractivity contribution in [2.24, 2.45) is 5.92 Å². The summed E-state index contributed by atoms with van der Waals surface area (Å²) in [5.41, 5.74) is 6.37. The second-order valence-corrected chi connectivity index (χ2v) is 10.4. The van der Waals surface area contributed by atoms with Crippen LogP contribution in [0.15, 0.2) is 35.1 Å². The van der Waals surface area contributed by atoms with E-state index in [1.807, 2.05) is 25.1 Å². The van der Waals surface area contributed by atoms with Crippen molar-refractivity contribution in [3.05, 3.63) is 80.4 Å². The van der Waals surface area contributed by atoms with Gasteiger partial charge in [0, 0.05) is 52.6 Å². The van der Waals surface area contributed by atoms with E-state index >= 15 is 0 Å². The van der Waals surface area contributed by atoms with Gasteiger partial charge in [0.05, 0.1) is 18.4 Å². The maximum atomic E-state index is 13.7. The number of carbonyl (C=O) groups is 1. The van der Waals surface area contributed by atoms with Crippen molar-refractivity contribution in [2.75, 3.05) is 7.11 Å². The average Bonchev–Trinajstić information content (AvgIpc) is 3.33. The number of hydrogen-bond donors (Lipinski definition) is 1. The molecule has 0 amide bonds. The van der Waals surface area contributed by atoms with E-state index in [1.165, 1.54) is 5.69 Å². The molecule has 0 spiro atoms. The zero-order chi connectivity index (χ0) is 26.4. The highest BCUT2D eigenvalue weighted by Crippen LogP contribution is 2.37. The van der Waals surface area contributed by atoms with Gasteiger partial charge in [0.2, 0.25) is 0 Å². The Morgan fingerprint density at radius 2 is 1.97 bits per heavy atom. The molecule has 0 saturated carbocycles. The molecule has 1 aromatic carbocycles. The first-order valence-corrected chi connectivity index (χ1v) is 13.1. The van der Waals surface area contributed by atoms with Gasteiger partial charge in [-0.2, -0.15) is 0 Å². The Kier molecular flexibility index (Phi) is 6.56. The van der Waals surface area contributed by atoms with Gasteiger partial charge in [0.15, 0.2) is 5.78 Å². The number of aryl methyl sites for hydroxylation is 3. The maximum Gasteiger partial charge on any atom is 0.255 e. The Morgan fingerprint density at radius 1 is 1.22 bits per heavy atom. The fourth-order valence-corrected chi connectivity index (χ4v) is 6.32. The first-order chi connectivity index (χ1) is 17.7. The normalized spacial score (nSPS) is 16.1. The summed E-state index contributed by atoms with van der Waals surface area (Å²) in [6.07, 6.45) is 2.64. The minimum absolute atomic E-state index is 0.0508. The molecule has 0 radical (unpaired) electrons. The molecule has 5 rings (SSSR count). The van der Waals surface area contributed by atoms with Gasteiger partial charge in [0.1, 0.15) is 11.6 Å². The molecule has 0 aliphatic carbocycles. The number of benzene rings is 1.